The molecule has 5 nitrogen and oxygen atoms in total. The summed E-state index contributed by atoms with van der Waals surface area (Å²) in [5.74, 6) is 0.946. The molecule has 0 bridgehead atoms. The Bertz CT molecular complexity index is 732. The van der Waals surface area contributed by atoms with Crippen molar-refractivity contribution in [3.8, 4) is 5.75 Å². The Morgan fingerprint density at radius 3 is 2.84 bits per heavy atom. The second-order valence-electron chi connectivity index (χ2n) is 7.10. The average molecular weight is 341 g/mol. The van der Waals surface area contributed by atoms with Gasteiger partial charge in [0.05, 0.1) is 25.5 Å². The predicted molar refractivity (Wildman–Crippen MR) is 96.7 cm³/mol. The van der Waals surface area contributed by atoms with Gasteiger partial charge >= 0.3 is 0 Å². The molecule has 0 unspecified atom stereocenters. The summed E-state index contributed by atoms with van der Waals surface area (Å²) in [4.78, 5) is 2.52. The summed E-state index contributed by atoms with van der Waals surface area (Å²) in [7, 11) is 1.73. The number of hydrogen-bond acceptors (Lipinski definition) is 4. The molecule has 134 valence electrons. The van der Waals surface area contributed by atoms with Gasteiger partial charge in [-0.1, -0.05) is 6.07 Å². The lowest BCUT2D eigenvalue weighted by atomic mass is 9.79. The van der Waals surface area contributed by atoms with Crippen molar-refractivity contribution in [1.82, 2.24) is 14.7 Å². The minimum absolute atomic E-state index is 0.107. The Balaban J connectivity index is 1.46. The Hall–Kier alpha value is -1.85. The molecule has 1 spiro atoms. The van der Waals surface area contributed by atoms with Crippen LogP contribution in [0.1, 0.15) is 36.5 Å². The molecule has 2 aromatic rings. The summed E-state index contributed by atoms with van der Waals surface area (Å²) < 4.78 is 13.7. The molecule has 25 heavy (non-hydrogen) atoms. The molecule has 1 aromatic heterocycles. The lowest BCUT2D eigenvalue weighted by molar-refractivity contribution is -0.0989. The van der Waals surface area contributed by atoms with E-state index in [-0.39, 0.29) is 5.60 Å². The molecule has 0 atom stereocenters. The van der Waals surface area contributed by atoms with Crippen LogP contribution in [0.2, 0.25) is 0 Å². The number of benzene rings is 1. The van der Waals surface area contributed by atoms with Crippen LogP contribution in [-0.4, -0.2) is 41.5 Å². The number of hydrogen-bond donors (Lipinski definition) is 0. The molecule has 2 aliphatic rings. The Labute approximate surface area is 149 Å². The standard InChI is InChI=1S/C20H27N3O2/c1-3-23-15-16(13-21-23)14-22-9-7-20(8-10-22)19-5-4-18(24-2)12-17(19)6-11-25-20/h4-5,12-13,15H,3,6-11,14H2,1-2H3. The predicted octanol–water partition coefficient (Wildman–Crippen LogP) is 2.98. The topological polar surface area (TPSA) is 39.5 Å². The maximum atomic E-state index is 6.34. The fraction of sp³-hybridized carbons (Fsp3) is 0.550. The Morgan fingerprint density at radius 2 is 2.12 bits per heavy atom. The molecule has 2 aliphatic heterocycles. The third kappa shape index (κ3) is 3.18. The monoisotopic (exact) mass is 341 g/mol. The number of fused-ring (bicyclic) bond motifs is 2. The molecule has 1 fully saturated rings. The third-order valence-corrected chi connectivity index (χ3v) is 5.63. The van der Waals surface area contributed by atoms with E-state index in [0.717, 1.165) is 57.8 Å². The van der Waals surface area contributed by atoms with Crippen LogP contribution in [0, 0.1) is 0 Å². The van der Waals surface area contributed by atoms with E-state index < -0.39 is 0 Å². The molecule has 0 N–H and O–H groups in total. The maximum Gasteiger partial charge on any atom is 0.119 e. The van der Waals surface area contributed by atoms with Gasteiger partial charge < -0.3 is 9.47 Å². The number of aryl methyl sites for hydroxylation is 1. The van der Waals surface area contributed by atoms with E-state index in [1.807, 2.05) is 10.9 Å². The van der Waals surface area contributed by atoms with Crippen LogP contribution >= 0.6 is 0 Å². The van der Waals surface area contributed by atoms with Gasteiger partial charge in [-0.2, -0.15) is 5.10 Å². The van der Waals surface area contributed by atoms with Gasteiger partial charge in [-0.05, 0) is 49.4 Å². The number of nitrogens with zero attached hydrogens (tertiary/aromatic N) is 3. The largest absolute Gasteiger partial charge is 0.497 e. The van der Waals surface area contributed by atoms with Gasteiger partial charge in [0, 0.05) is 37.9 Å². The summed E-state index contributed by atoms with van der Waals surface area (Å²) >= 11 is 0. The molecule has 0 amide bonds. The van der Waals surface area contributed by atoms with Crippen LogP contribution in [0.25, 0.3) is 0 Å². The highest BCUT2D eigenvalue weighted by Gasteiger charge is 2.40. The number of aromatic nitrogens is 2. The first-order valence-corrected chi connectivity index (χ1v) is 9.27. The van der Waals surface area contributed by atoms with Gasteiger partial charge in [0.1, 0.15) is 5.75 Å². The van der Waals surface area contributed by atoms with Crippen LogP contribution in [0.3, 0.4) is 0 Å². The molecule has 1 aromatic carbocycles. The van der Waals surface area contributed by atoms with Crippen molar-refractivity contribution < 1.29 is 9.47 Å². The smallest absolute Gasteiger partial charge is 0.119 e. The summed E-state index contributed by atoms with van der Waals surface area (Å²) in [5.41, 5.74) is 3.96. The van der Waals surface area contributed by atoms with Gasteiger partial charge in [0.2, 0.25) is 0 Å². The minimum Gasteiger partial charge on any atom is -0.497 e. The van der Waals surface area contributed by atoms with Crippen LogP contribution < -0.4 is 4.74 Å². The van der Waals surface area contributed by atoms with E-state index in [0.29, 0.717) is 0 Å². The first-order chi connectivity index (χ1) is 12.2. The third-order valence-electron chi connectivity index (χ3n) is 5.63. The molecule has 4 rings (SSSR count). The zero-order valence-electron chi connectivity index (χ0n) is 15.2. The molecule has 3 heterocycles. The summed E-state index contributed by atoms with van der Waals surface area (Å²) in [6.45, 7) is 6.95. The zero-order chi connectivity index (χ0) is 17.3. The van der Waals surface area contributed by atoms with Crippen molar-refractivity contribution in [2.24, 2.45) is 0 Å². The molecular formula is C20H27N3O2. The molecule has 0 aliphatic carbocycles. The lowest BCUT2D eigenvalue weighted by Crippen LogP contribution is -2.46. The van der Waals surface area contributed by atoms with Gasteiger partial charge in [-0.15, -0.1) is 0 Å². The van der Waals surface area contributed by atoms with Crippen molar-refractivity contribution in [1.29, 1.82) is 0 Å². The number of likely N-dealkylation sites (tertiary alicyclic amines) is 1. The van der Waals surface area contributed by atoms with Gasteiger partial charge in [-0.3, -0.25) is 9.58 Å². The van der Waals surface area contributed by atoms with Crippen molar-refractivity contribution >= 4 is 0 Å². The van der Waals surface area contributed by atoms with Crippen LogP contribution in [0.5, 0.6) is 5.75 Å². The van der Waals surface area contributed by atoms with Crippen molar-refractivity contribution in [3.05, 3.63) is 47.3 Å². The molecule has 0 saturated carbocycles. The van der Waals surface area contributed by atoms with Crippen LogP contribution in [-0.2, 0) is 29.8 Å². The minimum atomic E-state index is -0.107. The average Bonchev–Trinajstić information content (AvgIpc) is 3.11. The first-order valence-electron chi connectivity index (χ1n) is 9.27. The maximum absolute atomic E-state index is 6.34. The SMILES string of the molecule is CCn1cc(CN2CCC3(CC2)OCCc2cc(OC)ccc23)cn1. The first kappa shape index (κ1) is 16.6. The molecule has 5 heteroatoms. The summed E-state index contributed by atoms with van der Waals surface area (Å²) in [5, 5.41) is 4.38. The highest BCUT2D eigenvalue weighted by Crippen LogP contribution is 2.42. The van der Waals surface area contributed by atoms with Crippen LogP contribution in [0.15, 0.2) is 30.6 Å². The summed E-state index contributed by atoms with van der Waals surface area (Å²) in [6, 6.07) is 6.47. The van der Waals surface area contributed by atoms with Gasteiger partial charge in [0.15, 0.2) is 0 Å². The second kappa shape index (κ2) is 6.81. The number of methoxy groups -OCH3 is 1. The van der Waals surface area contributed by atoms with Gasteiger partial charge in [-0.25, -0.2) is 0 Å². The second-order valence-corrected chi connectivity index (χ2v) is 7.10. The highest BCUT2D eigenvalue weighted by atomic mass is 16.5. The van der Waals surface area contributed by atoms with E-state index in [2.05, 4.69) is 41.3 Å². The van der Waals surface area contributed by atoms with E-state index in [4.69, 9.17) is 9.47 Å². The van der Waals surface area contributed by atoms with Crippen molar-refractivity contribution in [2.75, 3.05) is 26.8 Å². The zero-order valence-corrected chi connectivity index (χ0v) is 15.2. The van der Waals surface area contributed by atoms with Gasteiger partial charge in [0.25, 0.3) is 0 Å². The molecule has 1 saturated heterocycles. The normalized spacial score (nSPS) is 19.8. The van der Waals surface area contributed by atoms with Crippen molar-refractivity contribution in [3.63, 3.8) is 0 Å². The number of piperidine rings is 1. The molecular weight excluding hydrogens is 314 g/mol. The summed E-state index contributed by atoms with van der Waals surface area (Å²) in [6.07, 6.45) is 7.23. The van der Waals surface area contributed by atoms with E-state index in [1.54, 1.807) is 7.11 Å². The van der Waals surface area contributed by atoms with Crippen molar-refractivity contribution in [2.45, 2.75) is 44.9 Å². The number of rotatable bonds is 4. The van der Waals surface area contributed by atoms with E-state index in [9.17, 15) is 0 Å². The number of ether oxygens (including phenoxy) is 2. The van der Waals surface area contributed by atoms with E-state index in [1.165, 1.54) is 16.7 Å². The fourth-order valence-electron chi connectivity index (χ4n) is 4.19. The highest BCUT2D eigenvalue weighted by molar-refractivity contribution is 5.41. The Kier molecular flexibility index (Phi) is 4.52. The quantitative estimate of drug-likeness (QED) is 0.857. The lowest BCUT2D eigenvalue weighted by Gasteiger charge is -2.45. The van der Waals surface area contributed by atoms with E-state index >= 15 is 0 Å². The molecule has 0 radical (unpaired) electrons. The fourth-order valence-corrected chi connectivity index (χ4v) is 4.19. The van der Waals surface area contributed by atoms with Crippen LogP contribution in [0.4, 0.5) is 0 Å². The Morgan fingerprint density at radius 1 is 1.28 bits per heavy atom.